The molecule has 2 N–H and O–H groups in total. The molecule has 5 nitrogen and oxygen atoms in total. The molecule has 1 heterocycles. The molecule has 156 valence electrons. The molecule has 4 rings (SSSR count). The number of carbonyl (C=O) groups excluding carboxylic acids is 1. The van der Waals surface area contributed by atoms with E-state index in [2.05, 4.69) is 10.3 Å². The number of urea groups is 1. The number of halogens is 5. The van der Waals surface area contributed by atoms with Crippen LogP contribution in [0.1, 0.15) is 43.0 Å². The molecule has 1 aromatic carbocycles. The lowest BCUT2D eigenvalue weighted by Crippen LogP contribution is -2.52. The fourth-order valence-corrected chi connectivity index (χ4v) is 4.01. The van der Waals surface area contributed by atoms with Crippen LogP contribution in [0.15, 0.2) is 16.9 Å². The summed E-state index contributed by atoms with van der Waals surface area (Å²) in [5, 5.41) is 2.16. The molecule has 2 aliphatic rings. The second kappa shape index (κ2) is 6.43. The quantitative estimate of drug-likeness (QED) is 0.731. The van der Waals surface area contributed by atoms with Crippen molar-refractivity contribution in [2.75, 3.05) is 7.05 Å². The maximum Gasteiger partial charge on any atom is 0.411 e. The molecule has 29 heavy (non-hydrogen) atoms. The number of benzene rings is 1. The SMILES string of the molecule is CN(C(=O)NC1(C(F)(F)F)CC1)C1CCCc2[nH]c(=O)c3cc(F)c(F)cc3c21. The average molecular weight is 415 g/mol. The van der Waals surface area contributed by atoms with Gasteiger partial charge in [-0.05, 0) is 49.6 Å². The summed E-state index contributed by atoms with van der Waals surface area (Å²) in [6.45, 7) is 0. The lowest BCUT2D eigenvalue weighted by atomic mass is 9.87. The van der Waals surface area contributed by atoms with Gasteiger partial charge in [-0.3, -0.25) is 4.79 Å². The van der Waals surface area contributed by atoms with Crippen molar-refractivity contribution in [2.45, 2.75) is 49.9 Å². The normalized spacial score (nSPS) is 20.3. The maximum atomic E-state index is 13.9. The molecule has 2 aromatic rings. The Bertz CT molecular complexity index is 1060. The van der Waals surface area contributed by atoms with Gasteiger partial charge in [0.05, 0.1) is 11.4 Å². The van der Waals surface area contributed by atoms with E-state index >= 15 is 0 Å². The number of aromatic amines is 1. The number of aryl methyl sites for hydroxylation is 1. The minimum Gasteiger partial charge on any atom is -0.325 e. The van der Waals surface area contributed by atoms with Gasteiger partial charge in [0, 0.05) is 18.3 Å². The Kier molecular flexibility index (Phi) is 4.36. The first-order valence-electron chi connectivity index (χ1n) is 9.19. The summed E-state index contributed by atoms with van der Waals surface area (Å²) in [6, 6.07) is 0.103. The van der Waals surface area contributed by atoms with Gasteiger partial charge in [0.15, 0.2) is 11.6 Å². The monoisotopic (exact) mass is 415 g/mol. The molecule has 0 bridgehead atoms. The largest absolute Gasteiger partial charge is 0.411 e. The fraction of sp³-hybridized carbons (Fsp3) is 0.474. The van der Waals surface area contributed by atoms with Crippen LogP contribution in [0.5, 0.6) is 0 Å². The molecule has 0 spiro atoms. The number of carbonyl (C=O) groups is 1. The van der Waals surface area contributed by atoms with E-state index in [0.717, 1.165) is 17.0 Å². The van der Waals surface area contributed by atoms with E-state index in [-0.39, 0.29) is 23.6 Å². The molecule has 0 aliphatic heterocycles. The van der Waals surface area contributed by atoms with Gasteiger partial charge >= 0.3 is 12.2 Å². The third kappa shape index (κ3) is 3.14. The van der Waals surface area contributed by atoms with E-state index in [4.69, 9.17) is 0 Å². The Balaban J connectivity index is 1.74. The topological polar surface area (TPSA) is 65.2 Å². The smallest absolute Gasteiger partial charge is 0.325 e. The van der Waals surface area contributed by atoms with Crippen molar-refractivity contribution < 1.29 is 26.7 Å². The van der Waals surface area contributed by atoms with Crippen LogP contribution in [0.2, 0.25) is 0 Å². The third-order valence-corrected chi connectivity index (χ3v) is 5.85. The van der Waals surface area contributed by atoms with Crippen LogP contribution in [0.3, 0.4) is 0 Å². The molecule has 1 saturated carbocycles. The Morgan fingerprint density at radius 2 is 1.83 bits per heavy atom. The highest BCUT2D eigenvalue weighted by molar-refractivity contribution is 5.87. The highest BCUT2D eigenvalue weighted by Crippen LogP contribution is 2.49. The van der Waals surface area contributed by atoms with E-state index in [1.165, 1.54) is 7.05 Å². The van der Waals surface area contributed by atoms with Crippen LogP contribution in [0, 0.1) is 11.6 Å². The van der Waals surface area contributed by atoms with Gasteiger partial charge in [-0.15, -0.1) is 0 Å². The Morgan fingerprint density at radius 1 is 1.21 bits per heavy atom. The van der Waals surface area contributed by atoms with E-state index in [1.807, 2.05) is 0 Å². The minimum absolute atomic E-state index is 0.0719. The third-order valence-electron chi connectivity index (χ3n) is 5.85. The first-order valence-corrected chi connectivity index (χ1v) is 9.19. The van der Waals surface area contributed by atoms with Gasteiger partial charge in [-0.1, -0.05) is 0 Å². The van der Waals surface area contributed by atoms with Crippen molar-refractivity contribution in [3.63, 3.8) is 0 Å². The van der Waals surface area contributed by atoms with Crippen LogP contribution >= 0.6 is 0 Å². The standard InChI is InChI=1S/C19H18F5N3O2/c1-27(17(29)26-18(5-6-18)19(22,23)24)14-4-2-3-13-15(14)9-7-11(20)12(21)8-10(9)16(28)25-13/h7-8,14H,2-6H2,1H3,(H,25,28)(H,26,29). The number of pyridine rings is 1. The molecule has 0 saturated heterocycles. The van der Waals surface area contributed by atoms with Gasteiger partial charge in [-0.25, -0.2) is 13.6 Å². The average Bonchev–Trinajstić information content (AvgIpc) is 3.43. The number of H-pyrrole nitrogens is 1. The Labute approximate surface area is 161 Å². The van der Waals surface area contributed by atoms with E-state index in [9.17, 15) is 31.5 Å². The summed E-state index contributed by atoms with van der Waals surface area (Å²) in [7, 11) is 1.36. The molecule has 10 heteroatoms. The highest BCUT2D eigenvalue weighted by Gasteiger charge is 2.64. The molecule has 1 fully saturated rings. The summed E-state index contributed by atoms with van der Waals surface area (Å²) < 4.78 is 67.1. The molecule has 2 aliphatic carbocycles. The summed E-state index contributed by atoms with van der Waals surface area (Å²) in [6.07, 6.45) is -3.47. The van der Waals surface area contributed by atoms with Gasteiger partial charge in [0.25, 0.3) is 5.56 Å². The lowest BCUT2D eigenvalue weighted by molar-refractivity contribution is -0.163. The predicted molar refractivity (Wildman–Crippen MR) is 94.5 cm³/mol. The number of hydrogen-bond donors (Lipinski definition) is 2. The van der Waals surface area contributed by atoms with Crippen LogP contribution in [0.4, 0.5) is 26.7 Å². The lowest BCUT2D eigenvalue weighted by Gasteiger charge is -2.35. The first-order chi connectivity index (χ1) is 13.5. The van der Waals surface area contributed by atoms with Crippen molar-refractivity contribution in [3.05, 3.63) is 45.4 Å². The molecular formula is C19H18F5N3O2. The summed E-state index contributed by atoms with van der Waals surface area (Å²) >= 11 is 0. The number of amides is 2. The maximum absolute atomic E-state index is 13.9. The zero-order chi connectivity index (χ0) is 21.1. The number of alkyl halides is 3. The van der Waals surface area contributed by atoms with Gasteiger partial charge in [0.1, 0.15) is 5.54 Å². The van der Waals surface area contributed by atoms with E-state index in [0.29, 0.717) is 30.5 Å². The summed E-state index contributed by atoms with van der Waals surface area (Å²) in [4.78, 5) is 28.6. The first kappa shape index (κ1) is 19.7. The fourth-order valence-electron chi connectivity index (χ4n) is 4.01. The van der Waals surface area contributed by atoms with Crippen molar-refractivity contribution in [3.8, 4) is 0 Å². The van der Waals surface area contributed by atoms with E-state index in [1.54, 1.807) is 0 Å². The van der Waals surface area contributed by atoms with Crippen LogP contribution < -0.4 is 10.9 Å². The summed E-state index contributed by atoms with van der Waals surface area (Å²) in [5.74, 6) is -2.32. The molecule has 1 atom stereocenters. The van der Waals surface area contributed by atoms with Crippen LogP contribution in [0.25, 0.3) is 10.8 Å². The molecular weight excluding hydrogens is 397 g/mol. The molecule has 0 radical (unpaired) electrons. The second-order valence-corrected chi connectivity index (χ2v) is 7.69. The predicted octanol–water partition coefficient (Wildman–Crippen LogP) is 3.92. The number of fused-ring (bicyclic) bond motifs is 3. The number of aromatic nitrogens is 1. The molecule has 1 aromatic heterocycles. The number of hydrogen-bond acceptors (Lipinski definition) is 2. The van der Waals surface area contributed by atoms with Gasteiger partial charge in [0.2, 0.25) is 0 Å². The molecule has 1 unspecified atom stereocenters. The Hall–Kier alpha value is -2.65. The van der Waals surface area contributed by atoms with Crippen molar-refractivity contribution in [1.82, 2.24) is 15.2 Å². The van der Waals surface area contributed by atoms with Crippen molar-refractivity contribution in [1.29, 1.82) is 0 Å². The van der Waals surface area contributed by atoms with E-state index < -0.39 is 41.0 Å². The van der Waals surface area contributed by atoms with Gasteiger partial charge < -0.3 is 15.2 Å². The highest BCUT2D eigenvalue weighted by atomic mass is 19.4. The van der Waals surface area contributed by atoms with Crippen molar-refractivity contribution >= 4 is 16.8 Å². The number of rotatable bonds is 2. The zero-order valence-corrected chi connectivity index (χ0v) is 15.4. The van der Waals surface area contributed by atoms with Crippen LogP contribution in [-0.2, 0) is 6.42 Å². The second-order valence-electron chi connectivity index (χ2n) is 7.69. The summed E-state index contributed by atoms with van der Waals surface area (Å²) in [5.41, 5.74) is -1.89. The van der Waals surface area contributed by atoms with Gasteiger partial charge in [-0.2, -0.15) is 13.2 Å². The minimum atomic E-state index is -4.55. The zero-order valence-electron chi connectivity index (χ0n) is 15.4. The molecule has 2 amide bonds. The van der Waals surface area contributed by atoms with Crippen LogP contribution in [-0.4, -0.2) is 34.7 Å². The number of nitrogens with one attached hydrogen (secondary N) is 2. The number of nitrogens with zero attached hydrogens (tertiary/aromatic N) is 1. The van der Waals surface area contributed by atoms with Crippen molar-refractivity contribution in [2.24, 2.45) is 0 Å². The Morgan fingerprint density at radius 3 is 2.41 bits per heavy atom.